The second kappa shape index (κ2) is 3.76. The van der Waals surface area contributed by atoms with Crippen LogP contribution in [0, 0.1) is 0 Å². The van der Waals surface area contributed by atoms with Crippen LogP contribution in [0.3, 0.4) is 0 Å². The molecule has 94 valence electrons. The molecule has 0 aromatic carbocycles. The van der Waals surface area contributed by atoms with E-state index in [4.69, 9.17) is 0 Å². The molecule has 6 heteroatoms. The van der Waals surface area contributed by atoms with Crippen LogP contribution in [0.1, 0.15) is 25.5 Å². The fourth-order valence-electron chi connectivity index (χ4n) is 2.27. The van der Waals surface area contributed by atoms with E-state index >= 15 is 0 Å². The molecule has 3 aromatic heterocycles. The highest BCUT2D eigenvalue weighted by molar-refractivity contribution is 5.79. The van der Waals surface area contributed by atoms with Crippen molar-refractivity contribution in [3.05, 3.63) is 11.6 Å². The van der Waals surface area contributed by atoms with Gasteiger partial charge in [-0.2, -0.15) is 0 Å². The average molecular weight is 244 g/mol. The molecular weight excluding hydrogens is 228 g/mol. The SMILES string of the molecule is CCc1nc2nc3c(nc(CC)n3C)nc2n1C. The Morgan fingerprint density at radius 3 is 1.44 bits per heavy atom. The zero-order valence-electron chi connectivity index (χ0n) is 11.1. The van der Waals surface area contributed by atoms with Gasteiger partial charge < -0.3 is 9.13 Å². The molecule has 0 fully saturated rings. The van der Waals surface area contributed by atoms with Crippen molar-refractivity contribution >= 4 is 22.6 Å². The highest BCUT2D eigenvalue weighted by Gasteiger charge is 2.14. The number of hydrogen-bond acceptors (Lipinski definition) is 4. The third-order valence-electron chi connectivity index (χ3n) is 3.34. The van der Waals surface area contributed by atoms with E-state index in [1.165, 1.54) is 0 Å². The van der Waals surface area contributed by atoms with E-state index in [1.807, 2.05) is 23.2 Å². The molecule has 0 radical (unpaired) electrons. The fourth-order valence-corrected chi connectivity index (χ4v) is 2.27. The van der Waals surface area contributed by atoms with Crippen LogP contribution in [0.2, 0.25) is 0 Å². The Hall–Kier alpha value is -1.98. The minimum Gasteiger partial charge on any atom is -0.314 e. The first kappa shape index (κ1) is 11.1. The molecule has 6 nitrogen and oxygen atoms in total. The third kappa shape index (κ3) is 1.35. The molecule has 18 heavy (non-hydrogen) atoms. The van der Waals surface area contributed by atoms with Crippen LogP contribution in [0.4, 0.5) is 0 Å². The molecule has 0 unspecified atom stereocenters. The van der Waals surface area contributed by atoms with E-state index in [9.17, 15) is 0 Å². The van der Waals surface area contributed by atoms with Crippen LogP contribution < -0.4 is 0 Å². The minimum absolute atomic E-state index is 0.701. The summed E-state index contributed by atoms with van der Waals surface area (Å²) < 4.78 is 3.98. The lowest BCUT2D eigenvalue weighted by Gasteiger charge is -1.97. The van der Waals surface area contributed by atoms with Crippen molar-refractivity contribution in [1.29, 1.82) is 0 Å². The smallest absolute Gasteiger partial charge is 0.199 e. The molecule has 0 aliphatic carbocycles. The molecular formula is C12H16N6. The number of fused-ring (bicyclic) bond motifs is 2. The molecule has 3 aromatic rings. The first-order valence-corrected chi connectivity index (χ1v) is 6.20. The zero-order chi connectivity index (χ0) is 12.9. The maximum Gasteiger partial charge on any atom is 0.199 e. The second-order valence-corrected chi connectivity index (χ2v) is 4.40. The summed E-state index contributed by atoms with van der Waals surface area (Å²) in [6.07, 6.45) is 1.75. The van der Waals surface area contributed by atoms with Crippen LogP contribution in [-0.4, -0.2) is 29.1 Å². The maximum absolute atomic E-state index is 4.58. The van der Waals surface area contributed by atoms with Crippen molar-refractivity contribution in [2.24, 2.45) is 14.1 Å². The number of nitrogens with zero attached hydrogens (tertiary/aromatic N) is 6. The van der Waals surface area contributed by atoms with Crippen molar-refractivity contribution in [3.63, 3.8) is 0 Å². The molecule has 3 rings (SSSR count). The number of rotatable bonds is 2. The lowest BCUT2D eigenvalue weighted by molar-refractivity contribution is 0.818. The largest absolute Gasteiger partial charge is 0.314 e. The first-order chi connectivity index (χ1) is 8.65. The minimum atomic E-state index is 0.701. The summed E-state index contributed by atoms with van der Waals surface area (Å²) in [5, 5.41) is 0. The molecule has 0 bridgehead atoms. The average Bonchev–Trinajstić information content (AvgIpc) is 2.86. The van der Waals surface area contributed by atoms with E-state index in [0.29, 0.717) is 11.3 Å². The van der Waals surface area contributed by atoms with Gasteiger partial charge in [-0.05, 0) is 0 Å². The van der Waals surface area contributed by atoms with Crippen molar-refractivity contribution < 1.29 is 0 Å². The van der Waals surface area contributed by atoms with Crippen LogP contribution in [0.5, 0.6) is 0 Å². The van der Waals surface area contributed by atoms with Crippen LogP contribution in [0.25, 0.3) is 22.6 Å². The summed E-state index contributed by atoms with van der Waals surface area (Å²) in [6.45, 7) is 4.16. The lowest BCUT2D eigenvalue weighted by atomic mass is 10.5. The van der Waals surface area contributed by atoms with Gasteiger partial charge in [-0.25, -0.2) is 19.9 Å². The maximum atomic E-state index is 4.58. The predicted molar refractivity (Wildman–Crippen MR) is 69.3 cm³/mol. The van der Waals surface area contributed by atoms with E-state index in [2.05, 4.69) is 33.8 Å². The van der Waals surface area contributed by atoms with Gasteiger partial charge in [-0.3, -0.25) is 0 Å². The van der Waals surface area contributed by atoms with Gasteiger partial charge in [0.15, 0.2) is 22.6 Å². The molecule has 0 N–H and O–H groups in total. The number of aromatic nitrogens is 6. The van der Waals surface area contributed by atoms with Crippen molar-refractivity contribution in [3.8, 4) is 0 Å². The van der Waals surface area contributed by atoms with Gasteiger partial charge in [-0.15, -0.1) is 0 Å². The van der Waals surface area contributed by atoms with Crippen LogP contribution >= 0.6 is 0 Å². The van der Waals surface area contributed by atoms with Gasteiger partial charge >= 0.3 is 0 Å². The molecule has 3 heterocycles. The topological polar surface area (TPSA) is 61.4 Å². The van der Waals surface area contributed by atoms with Gasteiger partial charge in [0, 0.05) is 26.9 Å². The van der Waals surface area contributed by atoms with Gasteiger partial charge in [0.05, 0.1) is 0 Å². The first-order valence-electron chi connectivity index (χ1n) is 6.20. The highest BCUT2D eigenvalue weighted by atomic mass is 15.2. The Morgan fingerprint density at radius 2 is 1.11 bits per heavy atom. The van der Waals surface area contributed by atoms with E-state index in [0.717, 1.165) is 35.8 Å². The van der Waals surface area contributed by atoms with Crippen molar-refractivity contribution in [1.82, 2.24) is 29.1 Å². The van der Waals surface area contributed by atoms with Crippen LogP contribution in [0.15, 0.2) is 0 Å². The summed E-state index contributed by atoms with van der Waals surface area (Å²) in [5.74, 6) is 1.99. The second-order valence-electron chi connectivity index (χ2n) is 4.40. The zero-order valence-corrected chi connectivity index (χ0v) is 11.1. The molecule has 0 saturated heterocycles. The highest BCUT2D eigenvalue weighted by Crippen LogP contribution is 2.17. The van der Waals surface area contributed by atoms with Crippen molar-refractivity contribution in [2.45, 2.75) is 26.7 Å². The van der Waals surface area contributed by atoms with E-state index in [1.54, 1.807) is 0 Å². The van der Waals surface area contributed by atoms with Gasteiger partial charge in [0.2, 0.25) is 0 Å². The Bertz CT molecular complexity index is 672. The Labute approximate surface area is 105 Å². The third-order valence-corrected chi connectivity index (χ3v) is 3.34. The summed E-state index contributed by atoms with van der Waals surface area (Å²) in [6, 6.07) is 0. The monoisotopic (exact) mass is 244 g/mol. The van der Waals surface area contributed by atoms with E-state index in [-0.39, 0.29) is 0 Å². The quantitative estimate of drug-likeness (QED) is 0.683. The van der Waals surface area contributed by atoms with Crippen LogP contribution in [-0.2, 0) is 26.9 Å². The number of hydrogen-bond donors (Lipinski definition) is 0. The molecule has 0 atom stereocenters. The predicted octanol–water partition coefficient (Wildman–Crippen LogP) is 1.37. The normalized spacial score (nSPS) is 11.8. The summed E-state index contributed by atoms with van der Waals surface area (Å²) in [7, 11) is 3.94. The van der Waals surface area contributed by atoms with Gasteiger partial charge in [0.25, 0.3) is 0 Å². The molecule has 0 aliphatic rings. The Balaban J connectivity index is 2.38. The lowest BCUT2D eigenvalue weighted by Crippen LogP contribution is -1.97. The fraction of sp³-hybridized carbons (Fsp3) is 0.500. The molecule has 0 amide bonds. The van der Waals surface area contributed by atoms with Gasteiger partial charge in [0.1, 0.15) is 11.6 Å². The van der Waals surface area contributed by atoms with Crippen molar-refractivity contribution in [2.75, 3.05) is 0 Å². The van der Waals surface area contributed by atoms with Gasteiger partial charge in [-0.1, -0.05) is 13.8 Å². The van der Waals surface area contributed by atoms with E-state index < -0.39 is 0 Å². The summed E-state index contributed by atoms with van der Waals surface area (Å²) in [5.41, 5.74) is 3.01. The summed E-state index contributed by atoms with van der Waals surface area (Å²) in [4.78, 5) is 18.2. The standard InChI is InChI=1S/C12H16N6/c1-5-7-13-9-11(17(7)3)16-10-12(15-9)18(4)8(6-2)14-10/h5-6H2,1-4H3. The Kier molecular flexibility index (Phi) is 2.33. The number of imidazole rings is 2. The summed E-state index contributed by atoms with van der Waals surface area (Å²) >= 11 is 0. The Morgan fingerprint density at radius 1 is 0.722 bits per heavy atom. The molecule has 0 aliphatic heterocycles. The number of aryl methyl sites for hydroxylation is 4. The molecule has 0 saturated carbocycles. The molecule has 0 spiro atoms.